The van der Waals surface area contributed by atoms with Crippen LogP contribution in [0, 0.1) is 0 Å². The first-order chi connectivity index (χ1) is 8.90. The number of aliphatic carboxylic acids is 1. The topological polar surface area (TPSA) is 61.8 Å². The molecule has 3 atom stereocenters. The minimum absolute atomic E-state index is 0.206. The Morgan fingerprint density at radius 2 is 2.32 bits per heavy atom. The summed E-state index contributed by atoms with van der Waals surface area (Å²) in [4.78, 5) is 13.8. The molecule has 0 amide bonds. The fourth-order valence-electron chi connectivity index (χ4n) is 2.57. The van der Waals surface area contributed by atoms with Crippen LogP contribution in [0.25, 0.3) is 0 Å². The highest BCUT2D eigenvalue weighted by molar-refractivity contribution is 5.78. The van der Waals surface area contributed by atoms with Gasteiger partial charge in [-0.3, -0.25) is 9.69 Å². The zero-order chi connectivity index (χ0) is 14.5. The van der Waals surface area contributed by atoms with Crippen LogP contribution in [0.15, 0.2) is 0 Å². The third kappa shape index (κ3) is 4.44. The first-order valence-corrected chi connectivity index (χ1v) is 7.19. The Labute approximate surface area is 116 Å². The Hall–Kier alpha value is -0.650. The van der Waals surface area contributed by atoms with Gasteiger partial charge in [0, 0.05) is 18.7 Å². The van der Waals surface area contributed by atoms with Crippen LogP contribution in [0.1, 0.15) is 40.0 Å². The van der Waals surface area contributed by atoms with E-state index in [1.165, 1.54) is 0 Å². The number of nitrogens with zero attached hydrogens (tertiary/aromatic N) is 1. The molecule has 0 radical (unpaired) electrons. The minimum atomic E-state index is -0.858. The molecule has 19 heavy (non-hydrogen) atoms. The second-order valence-electron chi connectivity index (χ2n) is 5.80. The Bertz CT molecular complexity index is 292. The molecule has 0 aromatic heterocycles. The van der Waals surface area contributed by atoms with Gasteiger partial charge < -0.3 is 15.2 Å². The molecule has 0 aliphatic carbocycles. The molecule has 1 aliphatic rings. The van der Waals surface area contributed by atoms with Crippen LogP contribution in [0.5, 0.6) is 0 Å². The summed E-state index contributed by atoms with van der Waals surface area (Å²) in [5.74, 6) is -0.774. The highest BCUT2D eigenvalue weighted by Crippen LogP contribution is 2.20. The van der Waals surface area contributed by atoms with E-state index in [2.05, 4.69) is 24.2 Å². The lowest BCUT2D eigenvalue weighted by molar-refractivity contribution is -0.145. The van der Waals surface area contributed by atoms with Crippen molar-refractivity contribution in [1.82, 2.24) is 10.2 Å². The van der Waals surface area contributed by atoms with E-state index in [1.54, 1.807) is 6.92 Å². The average Bonchev–Trinajstić information content (AvgIpc) is 2.88. The maximum Gasteiger partial charge on any atom is 0.323 e. The van der Waals surface area contributed by atoms with Gasteiger partial charge in [-0.15, -0.1) is 0 Å². The molecule has 112 valence electrons. The molecule has 1 heterocycles. The Morgan fingerprint density at radius 1 is 1.63 bits per heavy atom. The van der Waals surface area contributed by atoms with Crippen LogP contribution in [0.2, 0.25) is 0 Å². The molecule has 0 bridgehead atoms. The number of carboxylic acid groups (broad SMARTS) is 1. The highest BCUT2D eigenvalue weighted by Gasteiger charge is 2.36. The van der Waals surface area contributed by atoms with E-state index in [4.69, 9.17) is 4.74 Å². The summed E-state index contributed by atoms with van der Waals surface area (Å²) in [7, 11) is 2.06. The monoisotopic (exact) mass is 272 g/mol. The second-order valence-corrected chi connectivity index (χ2v) is 5.80. The lowest BCUT2D eigenvalue weighted by atomic mass is 9.92. The average molecular weight is 272 g/mol. The molecule has 1 fully saturated rings. The number of hydrogen-bond acceptors (Lipinski definition) is 4. The molecule has 0 aromatic rings. The maximum atomic E-state index is 11.5. The minimum Gasteiger partial charge on any atom is -0.480 e. The molecule has 1 saturated heterocycles. The van der Waals surface area contributed by atoms with Gasteiger partial charge in [0.2, 0.25) is 0 Å². The van der Waals surface area contributed by atoms with Crippen LogP contribution >= 0.6 is 0 Å². The molecular formula is C14H28N2O3. The number of hydrogen-bond donors (Lipinski definition) is 2. The molecule has 1 rings (SSSR count). The summed E-state index contributed by atoms with van der Waals surface area (Å²) >= 11 is 0. The van der Waals surface area contributed by atoms with Crippen molar-refractivity contribution in [2.24, 2.45) is 0 Å². The van der Waals surface area contributed by atoms with E-state index in [0.717, 1.165) is 32.6 Å². The van der Waals surface area contributed by atoms with Crippen molar-refractivity contribution < 1.29 is 14.6 Å². The third-order valence-electron chi connectivity index (χ3n) is 4.12. The van der Waals surface area contributed by atoms with Gasteiger partial charge in [0.1, 0.15) is 5.54 Å². The zero-order valence-electron chi connectivity index (χ0n) is 12.6. The fraction of sp³-hybridized carbons (Fsp3) is 0.929. The van der Waals surface area contributed by atoms with Gasteiger partial charge in [-0.1, -0.05) is 6.92 Å². The fourth-order valence-corrected chi connectivity index (χ4v) is 2.57. The van der Waals surface area contributed by atoms with Crippen molar-refractivity contribution in [1.29, 1.82) is 0 Å². The van der Waals surface area contributed by atoms with E-state index in [0.29, 0.717) is 12.5 Å². The number of likely N-dealkylation sites (N-methyl/N-ethyl adjacent to an activating group) is 1. The quantitative estimate of drug-likeness (QED) is 0.698. The molecular weight excluding hydrogens is 244 g/mol. The van der Waals surface area contributed by atoms with Crippen molar-refractivity contribution in [2.75, 3.05) is 26.8 Å². The van der Waals surface area contributed by atoms with Gasteiger partial charge in [0.15, 0.2) is 0 Å². The predicted molar refractivity (Wildman–Crippen MR) is 75.4 cm³/mol. The molecule has 2 N–H and O–H groups in total. The van der Waals surface area contributed by atoms with Crippen LogP contribution in [-0.2, 0) is 9.53 Å². The summed E-state index contributed by atoms with van der Waals surface area (Å²) < 4.78 is 5.40. The van der Waals surface area contributed by atoms with Crippen molar-refractivity contribution in [3.05, 3.63) is 0 Å². The largest absolute Gasteiger partial charge is 0.480 e. The SMILES string of the molecule is CCCNC(C)(CC(C)N(C)C1CCOC1)C(=O)O. The molecule has 0 saturated carbocycles. The molecule has 5 nitrogen and oxygen atoms in total. The Morgan fingerprint density at radius 3 is 2.79 bits per heavy atom. The first-order valence-electron chi connectivity index (χ1n) is 7.19. The van der Waals surface area contributed by atoms with Crippen LogP contribution in [0.3, 0.4) is 0 Å². The van der Waals surface area contributed by atoms with Crippen LogP contribution in [0.4, 0.5) is 0 Å². The normalized spacial score (nSPS) is 24.4. The van der Waals surface area contributed by atoms with Gasteiger partial charge in [-0.2, -0.15) is 0 Å². The van der Waals surface area contributed by atoms with Crippen molar-refractivity contribution in [2.45, 2.75) is 57.7 Å². The molecule has 0 aromatic carbocycles. The van der Waals surface area contributed by atoms with Gasteiger partial charge in [-0.05, 0) is 46.7 Å². The lowest BCUT2D eigenvalue weighted by Gasteiger charge is -2.35. The van der Waals surface area contributed by atoms with Crippen molar-refractivity contribution in [3.8, 4) is 0 Å². The molecule has 5 heteroatoms. The van der Waals surface area contributed by atoms with Crippen molar-refractivity contribution >= 4 is 5.97 Å². The molecule has 1 aliphatic heterocycles. The smallest absolute Gasteiger partial charge is 0.323 e. The van der Waals surface area contributed by atoms with E-state index in [1.807, 2.05) is 6.92 Å². The Balaban J connectivity index is 2.59. The summed E-state index contributed by atoms with van der Waals surface area (Å²) in [6.45, 7) is 8.21. The van der Waals surface area contributed by atoms with Gasteiger partial charge >= 0.3 is 5.97 Å². The summed E-state index contributed by atoms with van der Waals surface area (Å²) in [5, 5.41) is 12.6. The summed E-state index contributed by atoms with van der Waals surface area (Å²) in [6.07, 6.45) is 2.56. The molecule has 3 unspecified atom stereocenters. The van der Waals surface area contributed by atoms with Crippen LogP contribution < -0.4 is 5.32 Å². The Kier molecular flexibility index (Phi) is 6.23. The first kappa shape index (κ1) is 16.4. The number of nitrogens with one attached hydrogen (secondary N) is 1. The number of carbonyl (C=O) groups is 1. The van der Waals surface area contributed by atoms with Gasteiger partial charge in [0.05, 0.1) is 6.61 Å². The van der Waals surface area contributed by atoms with Gasteiger partial charge in [0.25, 0.3) is 0 Å². The lowest BCUT2D eigenvalue weighted by Crippen LogP contribution is -2.54. The third-order valence-corrected chi connectivity index (χ3v) is 4.12. The zero-order valence-corrected chi connectivity index (χ0v) is 12.6. The number of ether oxygens (including phenoxy) is 1. The van der Waals surface area contributed by atoms with E-state index in [9.17, 15) is 9.90 Å². The van der Waals surface area contributed by atoms with E-state index < -0.39 is 11.5 Å². The number of carboxylic acids is 1. The predicted octanol–water partition coefficient (Wildman–Crippen LogP) is 1.33. The number of rotatable bonds is 8. The highest BCUT2D eigenvalue weighted by atomic mass is 16.5. The van der Waals surface area contributed by atoms with E-state index in [-0.39, 0.29) is 6.04 Å². The van der Waals surface area contributed by atoms with E-state index >= 15 is 0 Å². The van der Waals surface area contributed by atoms with Crippen LogP contribution in [-0.4, -0.2) is 60.4 Å². The summed E-state index contributed by atoms with van der Waals surface area (Å²) in [5.41, 5.74) is -0.858. The maximum absolute atomic E-state index is 11.5. The van der Waals surface area contributed by atoms with Crippen molar-refractivity contribution in [3.63, 3.8) is 0 Å². The standard InChI is InChI=1S/C14H28N2O3/c1-5-7-15-14(3,13(17)18)9-11(2)16(4)12-6-8-19-10-12/h11-12,15H,5-10H2,1-4H3,(H,17,18). The second kappa shape index (κ2) is 7.22. The summed E-state index contributed by atoms with van der Waals surface area (Å²) in [6, 6.07) is 0.622. The molecule has 0 spiro atoms. The van der Waals surface area contributed by atoms with Gasteiger partial charge in [-0.25, -0.2) is 0 Å².